The lowest BCUT2D eigenvalue weighted by Crippen LogP contribution is -1.95. The SMILES string of the molecule is c1ccc(-c2ccc(-n3c4ccccc4c4ccc(-c5ccc6c(c5)c5ccccc5n6-c5cccc6sc7ccccc7c56)cc43)cc2)cc1.c1ccc(-c2ccc(-n3c4ccccc4c4ccc(-c5cccc6c5c5ccccc5n6-c5cccc6ccccc56)cc43)cc2)cc1.c1ccc(-c2ccc(-n3c4ccccc4c4ccc(-c5cccc6c5c5ccccc5n6-c5ccccc5)cc43)cc2)cc1. The number of benzene rings is 23. The molecule has 0 saturated heterocycles. The summed E-state index contributed by atoms with van der Waals surface area (Å²) in [6.07, 6.45) is 0. The summed E-state index contributed by atoms with van der Waals surface area (Å²) in [7, 11) is 0. The maximum Gasteiger partial charge on any atom is 0.0555 e. The number of fused-ring (bicyclic) bond motifs is 22. The fourth-order valence-corrected chi connectivity index (χ4v) is 24.1. The van der Waals surface area contributed by atoms with E-state index in [9.17, 15) is 0 Å². The van der Waals surface area contributed by atoms with Crippen LogP contribution in [0.25, 0.3) is 263 Å². The zero-order chi connectivity index (χ0) is 94.1. The van der Waals surface area contributed by atoms with E-state index < -0.39 is 0 Å². The number of hydrogen-bond donors (Lipinski definition) is 0. The summed E-state index contributed by atoms with van der Waals surface area (Å²) in [5, 5.41) is 20.3. The minimum absolute atomic E-state index is 1.16. The topological polar surface area (TPSA) is 29.6 Å². The van der Waals surface area contributed by atoms with Gasteiger partial charge >= 0.3 is 0 Å². The van der Waals surface area contributed by atoms with Crippen molar-refractivity contribution < 1.29 is 0 Å². The van der Waals surface area contributed by atoms with Gasteiger partial charge in [-0.05, 0) is 224 Å². The lowest BCUT2D eigenvalue weighted by molar-refractivity contribution is 1.18. The molecule has 668 valence electrons. The molecule has 7 aromatic heterocycles. The molecule has 0 atom stereocenters. The lowest BCUT2D eigenvalue weighted by Gasteiger charge is -2.12. The van der Waals surface area contributed by atoms with Crippen LogP contribution in [0.1, 0.15) is 0 Å². The number of nitrogens with zero attached hydrogens (tertiary/aromatic N) is 6. The lowest BCUT2D eigenvalue weighted by atomic mass is 9.98. The molecule has 30 aromatic rings. The Bertz CT molecular complexity index is 10300. The van der Waals surface area contributed by atoms with E-state index in [1.807, 2.05) is 11.3 Å². The molecule has 0 radical (unpaired) electrons. The second-order valence-corrected chi connectivity index (χ2v) is 38.3. The Morgan fingerprint density at radius 1 is 0.126 bits per heavy atom. The van der Waals surface area contributed by atoms with Crippen LogP contribution in [0, 0.1) is 0 Å². The van der Waals surface area contributed by atoms with Crippen LogP contribution in [0.4, 0.5) is 0 Å². The monoisotopic (exact) mass is 1840 g/mol. The van der Waals surface area contributed by atoms with E-state index in [1.165, 1.54) is 246 Å². The Labute approximate surface area is 829 Å². The van der Waals surface area contributed by atoms with Gasteiger partial charge in [-0.1, -0.05) is 382 Å². The average molecular weight is 1840 g/mol. The second kappa shape index (κ2) is 34.2. The highest BCUT2D eigenvalue weighted by atomic mass is 32.1. The summed E-state index contributed by atoms with van der Waals surface area (Å²) in [4.78, 5) is 0. The molecule has 23 aromatic carbocycles. The molecule has 0 N–H and O–H groups in total. The molecule has 0 aliphatic rings. The van der Waals surface area contributed by atoms with Gasteiger partial charge in [-0.3, -0.25) is 0 Å². The first-order valence-corrected chi connectivity index (χ1v) is 49.9. The molecule has 0 amide bonds. The predicted octanol–water partition coefficient (Wildman–Crippen LogP) is 37.2. The normalized spacial score (nSPS) is 11.8. The average Bonchev–Trinajstić information content (AvgIpc) is 1.57. The van der Waals surface area contributed by atoms with Gasteiger partial charge in [-0.15, -0.1) is 11.3 Å². The summed E-state index contributed by atoms with van der Waals surface area (Å²) < 4.78 is 17.2. The van der Waals surface area contributed by atoms with Gasteiger partial charge < -0.3 is 27.4 Å². The Kier molecular flexibility index (Phi) is 19.8. The van der Waals surface area contributed by atoms with Crippen LogP contribution in [0.15, 0.2) is 534 Å². The fraction of sp³-hybridized carbons (Fsp3) is 0. The van der Waals surface area contributed by atoms with Crippen molar-refractivity contribution in [3.63, 3.8) is 0 Å². The van der Waals surface area contributed by atoms with Crippen LogP contribution in [-0.2, 0) is 0 Å². The number of thiophene rings is 1. The van der Waals surface area contributed by atoms with Crippen molar-refractivity contribution in [3.8, 4) is 101 Å². The molecule has 0 unspecified atom stereocenters. The molecule has 0 aliphatic carbocycles. The number of hydrogen-bond acceptors (Lipinski definition) is 1. The Balaban J connectivity index is 0.000000105. The molecule has 7 heterocycles. The van der Waals surface area contributed by atoms with Crippen molar-refractivity contribution in [3.05, 3.63) is 534 Å². The van der Waals surface area contributed by atoms with Crippen molar-refractivity contribution >= 4 is 173 Å². The minimum Gasteiger partial charge on any atom is -0.309 e. The van der Waals surface area contributed by atoms with Gasteiger partial charge in [-0.25, -0.2) is 0 Å². The molecule has 0 fully saturated rings. The molecule has 30 rings (SSSR count). The number of para-hydroxylation sites is 7. The summed E-state index contributed by atoms with van der Waals surface area (Å²) >= 11 is 1.87. The summed E-state index contributed by atoms with van der Waals surface area (Å²) in [6.45, 7) is 0. The van der Waals surface area contributed by atoms with E-state index in [-0.39, 0.29) is 0 Å². The molecular weight excluding hydrogens is 1750 g/mol. The first-order valence-electron chi connectivity index (χ1n) is 49.1. The van der Waals surface area contributed by atoms with Gasteiger partial charge in [-0.2, -0.15) is 0 Å². The number of rotatable bonds is 12. The highest BCUT2D eigenvalue weighted by molar-refractivity contribution is 7.26. The quantitative estimate of drug-likeness (QED) is 0.117. The van der Waals surface area contributed by atoms with E-state index in [0.717, 1.165) is 17.1 Å². The standard InChI is InChI=1S/C48H30N2S.C46H30N2.C42H28N2/c1-2-11-31(12-3-1)32-21-25-35(26-22-32)49-41-16-7-4-13-36(41)38-27-23-34(30-45(38)49)33-24-28-43-40(29-33)37-14-5-8-17-42(37)50(43)44-18-10-20-47-48(44)39-15-6-9-19-46(39)51-47;1-2-12-31(13-3-1)32-24-27-35(28-25-32)47-42-20-8-6-17-38(42)39-29-26-34(30-45(39)47)37-19-11-23-44-46(37)40-18-7-9-21-43(40)48(44)41-22-10-15-33-14-4-5-16-36(33)41;1-3-12-29(13-4-1)30-22-25-33(26-23-30)44-38-19-9-7-16-35(38)36-27-24-31(28-41(36)44)34-18-11-21-40-42(34)37-17-8-10-20-39(37)43(40)32-14-5-2-6-15-32/h1-30H;1-30H;1-28H. The van der Waals surface area contributed by atoms with Gasteiger partial charge in [0, 0.05) is 113 Å². The second-order valence-electron chi connectivity index (χ2n) is 37.3. The van der Waals surface area contributed by atoms with E-state index in [0.29, 0.717) is 0 Å². The molecule has 0 aliphatic heterocycles. The van der Waals surface area contributed by atoms with Crippen molar-refractivity contribution in [2.24, 2.45) is 0 Å². The molecular formula is C136H88N6S. The highest BCUT2D eigenvalue weighted by Gasteiger charge is 2.26. The van der Waals surface area contributed by atoms with E-state index in [2.05, 4.69) is 561 Å². The molecule has 0 bridgehead atoms. The van der Waals surface area contributed by atoms with Gasteiger partial charge in [0.15, 0.2) is 0 Å². The number of aromatic nitrogens is 6. The molecule has 0 saturated carbocycles. The van der Waals surface area contributed by atoms with Crippen LogP contribution >= 0.6 is 11.3 Å². The van der Waals surface area contributed by atoms with E-state index >= 15 is 0 Å². The largest absolute Gasteiger partial charge is 0.309 e. The highest BCUT2D eigenvalue weighted by Crippen LogP contribution is 2.49. The molecule has 6 nitrogen and oxygen atoms in total. The van der Waals surface area contributed by atoms with Crippen molar-refractivity contribution in [2.75, 3.05) is 0 Å². The van der Waals surface area contributed by atoms with Crippen molar-refractivity contribution in [2.45, 2.75) is 0 Å². The minimum atomic E-state index is 1.16. The van der Waals surface area contributed by atoms with E-state index in [1.54, 1.807) is 0 Å². The Morgan fingerprint density at radius 3 is 0.895 bits per heavy atom. The van der Waals surface area contributed by atoms with Crippen LogP contribution in [0.3, 0.4) is 0 Å². The fourth-order valence-electron chi connectivity index (χ4n) is 23.0. The van der Waals surface area contributed by atoms with Crippen molar-refractivity contribution in [1.82, 2.24) is 27.4 Å². The Morgan fingerprint density at radius 2 is 0.406 bits per heavy atom. The molecule has 7 heteroatoms. The molecule has 143 heavy (non-hydrogen) atoms. The first kappa shape index (κ1) is 82.6. The third kappa shape index (κ3) is 13.8. The summed E-state index contributed by atoms with van der Waals surface area (Å²) in [5.74, 6) is 0. The third-order valence-corrected chi connectivity index (χ3v) is 30.5. The predicted molar refractivity (Wildman–Crippen MR) is 608 cm³/mol. The third-order valence-electron chi connectivity index (χ3n) is 29.4. The van der Waals surface area contributed by atoms with Gasteiger partial charge in [0.05, 0.1) is 77.6 Å². The Hall–Kier alpha value is -18.7. The zero-order valence-electron chi connectivity index (χ0n) is 77.9. The van der Waals surface area contributed by atoms with Crippen LogP contribution < -0.4 is 0 Å². The maximum atomic E-state index is 2.47. The van der Waals surface area contributed by atoms with Crippen molar-refractivity contribution in [1.29, 1.82) is 0 Å². The van der Waals surface area contributed by atoms with Crippen LogP contribution in [0.2, 0.25) is 0 Å². The summed E-state index contributed by atoms with van der Waals surface area (Å²) in [6, 6.07) is 194. The van der Waals surface area contributed by atoms with Gasteiger partial charge in [0.2, 0.25) is 0 Å². The molecule has 0 spiro atoms. The van der Waals surface area contributed by atoms with Gasteiger partial charge in [0.25, 0.3) is 0 Å². The van der Waals surface area contributed by atoms with E-state index in [4.69, 9.17) is 0 Å². The first-order chi connectivity index (χ1) is 71.0. The van der Waals surface area contributed by atoms with Gasteiger partial charge in [0.1, 0.15) is 0 Å². The summed E-state index contributed by atoms with van der Waals surface area (Å²) in [5.41, 5.74) is 36.3. The van der Waals surface area contributed by atoms with Crippen LogP contribution in [-0.4, -0.2) is 27.4 Å². The smallest absolute Gasteiger partial charge is 0.0555 e. The maximum absolute atomic E-state index is 2.47. The zero-order valence-corrected chi connectivity index (χ0v) is 78.7. The van der Waals surface area contributed by atoms with Crippen LogP contribution in [0.5, 0.6) is 0 Å².